The normalized spacial score (nSPS) is 14.5. The molecular formula is C11H15N3O3. The lowest BCUT2D eigenvalue weighted by molar-refractivity contribution is -0.122. The van der Waals surface area contributed by atoms with Crippen LogP contribution in [-0.2, 0) is 20.8 Å². The molecule has 6 heteroatoms. The molecule has 1 aliphatic rings. The number of rotatable bonds is 5. The number of aromatic nitrogens is 2. The highest BCUT2D eigenvalue weighted by atomic mass is 16.6. The van der Waals surface area contributed by atoms with Gasteiger partial charge in [-0.05, 0) is 12.5 Å². The summed E-state index contributed by atoms with van der Waals surface area (Å²) in [6.07, 6.45) is 5.80. The van der Waals surface area contributed by atoms with Crippen LogP contribution in [0, 0.1) is 0 Å². The van der Waals surface area contributed by atoms with Gasteiger partial charge in [0.2, 0.25) is 5.76 Å². The van der Waals surface area contributed by atoms with E-state index in [1.165, 1.54) is 6.26 Å². The van der Waals surface area contributed by atoms with Gasteiger partial charge < -0.3 is 14.8 Å². The van der Waals surface area contributed by atoms with Crippen molar-refractivity contribution in [2.45, 2.75) is 13.0 Å². The molecule has 17 heavy (non-hydrogen) atoms. The predicted octanol–water partition coefficient (Wildman–Crippen LogP) is 0.278. The summed E-state index contributed by atoms with van der Waals surface area (Å²) in [6.45, 7) is 2.28. The molecule has 2 rings (SSSR count). The van der Waals surface area contributed by atoms with E-state index in [9.17, 15) is 4.79 Å². The Morgan fingerprint density at radius 2 is 2.47 bits per heavy atom. The third-order valence-electron chi connectivity index (χ3n) is 2.28. The maximum absolute atomic E-state index is 11.6. The van der Waals surface area contributed by atoms with Crippen LogP contribution < -0.4 is 5.32 Å². The Hall–Kier alpha value is -1.98. The minimum absolute atomic E-state index is 0.231. The molecule has 0 saturated carbocycles. The van der Waals surface area contributed by atoms with Crippen LogP contribution in [0.4, 0.5) is 0 Å². The third kappa shape index (κ3) is 3.51. The number of nitrogens with zero attached hydrogens (tertiary/aromatic N) is 2. The highest BCUT2D eigenvalue weighted by Gasteiger charge is 2.13. The van der Waals surface area contributed by atoms with Crippen LogP contribution in [0.2, 0.25) is 0 Å². The minimum Gasteiger partial charge on any atom is -0.494 e. The zero-order valence-corrected chi connectivity index (χ0v) is 9.46. The van der Waals surface area contributed by atoms with E-state index < -0.39 is 0 Å². The van der Waals surface area contributed by atoms with Crippen molar-refractivity contribution in [3.05, 3.63) is 30.5 Å². The molecule has 1 N–H and O–H groups in total. The molecule has 0 saturated heterocycles. The van der Waals surface area contributed by atoms with Gasteiger partial charge in [-0.15, -0.1) is 0 Å². The Labute approximate surface area is 99.2 Å². The van der Waals surface area contributed by atoms with Gasteiger partial charge in [-0.1, -0.05) is 0 Å². The molecule has 92 valence electrons. The number of aryl methyl sites for hydroxylation is 1. The quantitative estimate of drug-likeness (QED) is 0.747. The lowest BCUT2D eigenvalue weighted by atomic mass is 10.4. The lowest BCUT2D eigenvalue weighted by Crippen LogP contribution is -2.29. The fraction of sp³-hybridized carbons (Fsp3) is 0.455. The number of carbonyl (C=O) groups excluding carboxylic acids is 1. The van der Waals surface area contributed by atoms with E-state index in [4.69, 9.17) is 9.47 Å². The lowest BCUT2D eigenvalue weighted by Gasteiger charge is -2.14. The van der Waals surface area contributed by atoms with Gasteiger partial charge in [0.15, 0.2) is 0 Å². The molecule has 0 radical (unpaired) electrons. The molecule has 0 unspecified atom stereocenters. The first-order chi connectivity index (χ1) is 8.36. The smallest absolute Gasteiger partial charge is 0.289 e. The highest BCUT2D eigenvalue weighted by molar-refractivity contribution is 5.91. The standard InChI is InChI=1S/C11H15N3O3/c15-11(10-9-16-7-8-17-10)12-3-1-5-14-6-2-4-13-14/h2,4,6,9H,1,3,5,7-8H2,(H,12,15). The van der Waals surface area contributed by atoms with E-state index >= 15 is 0 Å². The van der Waals surface area contributed by atoms with Gasteiger partial charge in [0.05, 0.1) is 0 Å². The van der Waals surface area contributed by atoms with Crippen molar-refractivity contribution in [3.63, 3.8) is 0 Å². The maximum Gasteiger partial charge on any atom is 0.289 e. The largest absolute Gasteiger partial charge is 0.494 e. The average Bonchev–Trinajstić information content (AvgIpc) is 2.88. The van der Waals surface area contributed by atoms with Crippen LogP contribution in [0.25, 0.3) is 0 Å². The second-order valence-electron chi connectivity index (χ2n) is 3.58. The highest BCUT2D eigenvalue weighted by Crippen LogP contribution is 2.03. The summed E-state index contributed by atoms with van der Waals surface area (Å²) >= 11 is 0. The summed E-state index contributed by atoms with van der Waals surface area (Å²) in [4.78, 5) is 11.6. The molecule has 0 bridgehead atoms. The summed E-state index contributed by atoms with van der Waals surface area (Å²) in [6, 6.07) is 1.87. The van der Waals surface area contributed by atoms with Crippen LogP contribution in [0.15, 0.2) is 30.5 Å². The van der Waals surface area contributed by atoms with Gasteiger partial charge in [-0.3, -0.25) is 9.48 Å². The van der Waals surface area contributed by atoms with Crippen molar-refractivity contribution in [2.75, 3.05) is 19.8 Å². The van der Waals surface area contributed by atoms with E-state index in [1.807, 2.05) is 16.9 Å². The Morgan fingerprint density at radius 1 is 1.53 bits per heavy atom. The first-order valence-corrected chi connectivity index (χ1v) is 5.56. The molecule has 1 aromatic rings. The molecule has 1 aromatic heterocycles. The number of hydrogen-bond donors (Lipinski definition) is 1. The van der Waals surface area contributed by atoms with E-state index in [0.717, 1.165) is 13.0 Å². The van der Waals surface area contributed by atoms with Crippen LogP contribution in [0.5, 0.6) is 0 Å². The summed E-state index contributed by atoms with van der Waals surface area (Å²) in [7, 11) is 0. The first-order valence-electron chi connectivity index (χ1n) is 5.56. The number of ether oxygens (including phenoxy) is 2. The van der Waals surface area contributed by atoms with E-state index in [1.54, 1.807) is 6.20 Å². The third-order valence-corrected chi connectivity index (χ3v) is 2.28. The van der Waals surface area contributed by atoms with Crippen LogP contribution in [0.3, 0.4) is 0 Å². The summed E-state index contributed by atoms with van der Waals surface area (Å²) in [5.41, 5.74) is 0. The SMILES string of the molecule is O=C(NCCCn1cccn1)C1=COCCO1. The molecule has 1 amide bonds. The van der Waals surface area contributed by atoms with Crippen molar-refractivity contribution in [3.8, 4) is 0 Å². The van der Waals surface area contributed by atoms with Crippen molar-refractivity contribution in [2.24, 2.45) is 0 Å². The Bertz CT molecular complexity index is 387. The second kappa shape index (κ2) is 5.93. The molecule has 1 aliphatic heterocycles. The predicted molar refractivity (Wildman–Crippen MR) is 59.8 cm³/mol. The van der Waals surface area contributed by atoms with Gasteiger partial charge in [-0.25, -0.2) is 0 Å². The van der Waals surface area contributed by atoms with Crippen molar-refractivity contribution < 1.29 is 14.3 Å². The molecular weight excluding hydrogens is 222 g/mol. The number of hydrogen-bond acceptors (Lipinski definition) is 4. The molecule has 0 aliphatic carbocycles. The maximum atomic E-state index is 11.6. The van der Waals surface area contributed by atoms with E-state index in [2.05, 4.69) is 10.4 Å². The van der Waals surface area contributed by atoms with Crippen LogP contribution >= 0.6 is 0 Å². The molecule has 0 fully saturated rings. The van der Waals surface area contributed by atoms with Gasteiger partial charge in [0.25, 0.3) is 5.91 Å². The van der Waals surface area contributed by atoms with E-state index in [0.29, 0.717) is 19.8 Å². The summed E-state index contributed by atoms with van der Waals surface area (Å²) in [5, 5.41) is 6.83. The molecule has 2 heterocycles. The Balaban J connectivity index is 1.64. The van der Waals surface area contributed by atoms with Gasteiger partial charge in [0.1, 0.15) is 19.5 Å². The fourth-order valence-electron chi connectivity index (χ4n) is 1.45. The average molecular weight is 237 g/mol. The number of amides is 1. The monoisotopic (exact) mass is 237 g/mol. The molecule has 0 aromatic carbocycles. The van der Waals surface area contributed by atoms with Gasteiger partial charge in [0, 0.05) is 25.5 Å². The van der Waals surface area contributed by atoms with Gasteiger partial charge >= 0.3 is 0 Å². The van der Waals surface area contributed by atoms with Crippen molar-refractivity contribution >= 4 is 5.91 Å². The number of nitrogens with one attached hydrogen (secondary N) is 1. The second-order valence-corrected chi connectivity index (χ2v) is 3.58. The van der Waals surface area contributed by atoms with E-state index in [-0.39, 0.29) is 11.7 Å². The summed E-state index contributed by atoms with van der Waals surface area (Å²) in [5.74, 6) is 0.0144. The Morgan fingerprint density at radius 3 is 3.18 bits per heavy atom. The van der Waals surface area contributed by atoms with Crippen LogP contribution in [-0.4, -0.2) is 35.4 Å². The fourth-order valence-corrected chi connectivity index (χ4v) is 1.45. The molecule has 6 nitrogen and oxygen atoms in total. The zero-order chi connectivity index (χ0) is 11.9. The van der Waals surface area contributed by atoms with Crippen molar-refractivity contribution in [1.82, 2.24) is 15.1 Å². The van der Waals surface area contributed by atoms with Crippen LogP contribution in [0.1, 0.15) is 6.42 Å². The first kappa shape index (κ1) is 11.5. The minimum atomic E-state index is -0.231. The number of carbonyl (C=O) groups is 1. The topological polar surface area (TPSA) is 65.4 Å². The van der Waals surface area contributed by atoms with Crippen molar-refractivity contribution in [1.29, 1.82) is 0 Å². The molecule has 0 atom stereocenters. The van der Waals surface area contributed by atoms with Gasteiger partial charge in [-0.2, -0.15) is 5.10 Å². The summed E-state index contributed by atoms with van der Waals surface area (Å²) < 4.78 is 12.0. The Kier molecular flexibility index (Phi) is 4.01. The zero-order valence-electron chi connectivity index (χ0n) is 9.46. The molecule has 0 spiro atoms.